The third kappa shape index (κ3) is 2.78. The molecule has 0 aromatic heterocycles. The summed E-state index contributed by atoms with van der Waals surface area (Å²) >= 11 is 7.68. The van der Waals surface area contributed by atoms with E-state index in [1.165, 1.54) is 0 Å². The Kier molecular flexibility index (Phi) is 4.27. The number of halogens is 1. The summed E-state index contributed by atoms with van der Waals surface area (Å²) in [7, 11) is 0. The molecular formula is C12H13ClO2S. The lowest BCUT2D eigenvalue weighted by atomic mass is 10.2. The molecule has 2 nitrogen and oxygen atoms in total. The van der Waals surface area contributed by atoms with Crippen molar-refractivity contribution in [3.8, 4) is 0 Å². The van der Waals surface area contributed by atoms with Gasteiger partial charge in [0.2, 0.25) is 0 Å². The molecule has 4 heteroatoms. The average Bonchev–Trinajstić information content (AvgIpc) is 2.80. The second-order valence-electron chi connectivity index (χ2n) is 3.72. The standard InChI is InChI=1S/C12H13ClO2S/c13-11-5-1-3-9(7-14)12(11)16-8-10-4-2-6-15-10/h1,3,5,7,10H,2,4,6,8H2. The van der Waals surface area contributed by atoms with Gasteiger partial charge in [-0.15, -0.1) is 11.8 Å². The number of thioether (sulfide) groups is 1. The number of carbonyl (C=O) groups is 1. The Morgan fingerprint density at radius 2 is 2.44 bits per heavy atom. The van der Waals surface area contributed by atoms with E-state index in [9.17, 15) is 4.79 Å². The van der Waals surface area contributed by atoms with Crippen molar-refractivity contribution >= 4 is 29.6 Å². The zero-order chi connectivity index (χ0) is 11.4. The summed E-state index contributed by atoms with van der Waals surface area (Å²) in [5.41, 5.74) is 0.662. The van der Waals surface area contributed by atoms with Crippen LogP contribution in [0.25, 0.3) is 0 Å². The second-order valence-corrected chi connectivity index (χ2v) is 5.16. The van der Waals surface area contributed by atoms with Gasteiger partial charge in [0, 0.05) is 22.8 Å². The molecule has 0 saturated carbocycles. The van der Waals surface area contributed by atoms with Gasteiger partial charge in [-0.05, 0) is 18.9 Å². The molecule has 1 aliphatic heterocycles. The van der Waals surface area contributed by atoms with Gasteiger partial charge in [-0.3, -0.25) is 4.79 Å². The summed E-state index contributed by atoms with van der Waals surface area (Å²) in [6, 6.07) is 5.39. The van der Waals surface area contributed by atoms with E-state index in [1.54, 1.807) is 23.9 Å². The Hall–Kier alpha value is -0.510. The molecule has 0 spiro atoms. The van der Waals surface area contributed by atoms with Crippen LogP contribution >= 0.6 is 23.4 Å². The molecule has 16 heavy (non-hydrogen) atoms. The minimum atomic E-state index is 0.306. The summed E-state index contributed by atoms with van der Waals surface area (Å²) in [6.45, 7) is 0.855. The molecule has 1 aromatic rings. The summed E-state index contributed by atoms with van der Waals surface area (Å²) in [5.74, 6) is 0.866. The highest BCUT2D eigenvalue weighted by Crippen LogP contribution is 2.32. The van der Waals surface area contributed by atoms with Crippen molar-refractivity contribution < 1.29 is 9.53 Å². The van der Waals surface area contributed by atoms with Crippen LogP contribution in [0, 0.1) is 0 Å². The maximum atomic E-state index is 10.9. The number of hydrogen-bond acceptors (Lipinski definition) is 3. The topological polar surface area (TPSA) is 26.3 Å². The molecule has 0 aliphatic carbocycles. The van der Waals surface area contributed by atoms with Gasteiger partial charge in [0.1, 0.15) is 0 Å². The molecule has 1 aliphatic rings. The minimum Gasteiger partial charge on any atom is -0.377 e. The van der Waals surface area contributed by atoms with Crippen molar-refractivity contribution in [2.45, 2.75) is 23.8 Å². The van der Waals surface area contributed by atoms with Crippen molar-refractivity contribution in [2.75, 3.05) is 12.4 Å². The fourth-order valence-corrected chi connectivity index (χ4v) is 3.17. The van der Waals surface area contributed by atoms with Gasteiger partial charge in [-0.1, -0.05) is 23.7 Å². The predicted molar refractivity (Wildman–Crippen MR) is 66.5 cm³/mol. The van der Waals surface area contributed by atoms with E-state index in [2.05, 4.69) is 0 Å². The monoisotopic (exact) mass is 256 g/mol. The van der Waals surface area contributed by atoms with Gasteiger partial charge in [-0.25, -0.2) is 0 Å². The fourth-order valence-electron chi connectivity index (χ4n) is 1.72. The molecule has 1 saturated heterocycles. The molecule has 0 amide bonds. The van der Waals surface area contributed by atoms with E-state index in [0.29, 0.717) is 16.7 Å². The summed E-state index contributed by atoms with van der Waals surface area (Å²) in [6.07, 6.45) is 3.40. The third-order valence-electron chi connectivity index (χ3n) is 2.56. The highest BCUT2D eigenvalue weighted by molar-refractivity contribution is 7.99. The first kappa shape index (κ1) is 12.0. The second kappa shape index (κ2) is 5.71. The molecule has 1 aromatic carbocycles. The number of aldehydes is 1. The van der Waals surface area contributed by atoms with Crippen LogP contribution in [0.5, 0.6) is 0 Å². The first-order chi connectivity index (χ1) is 7.81. The molecule has 0 radical (unpaired) electrons. The summed E-state index contributed by atoms with van der Waals surface area (Å²) in [4.78, 5) is 11.7. The van der Waals surface area contributed by atoms with E-state index >= 15 is 0 Å². The van der Waals surface area contributed by atoms with Crippen LogP contribution in [0.3, 0.4) is 0 Å². The number of carbonyl (C=O) groups excluding carboxylic acids is 1. The first-order valence-corrected chi connectivity index (χ1v) is 6.65. The predicted octanol–water partition coefficient (Wildman–Crippen LogP) is 3.42. The van der Waals surface area contributed by atoms with Crippen molar-refractivity contribution in [3.05, 3.63) is 28.8 Å². The Bertz CT molecular complexity index is 375. The van der Waals surface area contributed by atoms with Crippen LogP contribution in [-0.2, 0) is 4.74 Å². The normalized spacial score (nSPS) is 19.9. The molecule has 2 rings (SSSR count). The van der Waals surface area contributed by atoms with Gasteiger partial charge in [0.15, 0.2) is 6.29 Å². The van der Waals surface area contributed by atoms with Crippen molar-refractivity contribution in [1.29, 1.82) is 0 Å². The van der Waals surface area contributed by atoms with Crippen molar-refractivity contribution in [2.24, 2.45) is 0 Å². The molecule has 1 fully saturated rings. The molecule has 0 N–H and O–H groups in total. The van der Waals surface area contributed by atoms with Crippen LogP contribution in [0.2, 0.25) is 5.02 Å². The Morgan fingerprint density at radius 1 is 1.56 bits per heavy atom. The average molecular weight is 257 g/mol. The molecule has 1 heterocycles. The van der Waals surface area contributed by atoms with Crippen LogP contribution in [-0.4, -0.2) is 24.7 Å². The first-order valence-electron chi connectivity index (χ1n) is 5.29. The SMILES string of the molecule is O=Cc1cccc(Cl)c1SCC1CCCO1. The van der Waals surface area contributed by atoms with Gasteiger partial charge >= 0.3 is 0 Å². The summed E-state index contributed by atoms with van der Waals surface area (Å²) in [5, 5.41) is 0.646. The van der Waals surface area contributed by atoms with E-state index in [0.717, 1.165) is 36.4 Å². The van der Waals surface area contributed by atoms with Gasteiger partial charge in [0.05, 0.1) is 11.1 Å². The lowest BCUT2D eigenvalue weighted by molar-refractivity contribution is 0.112. The quantitative estimate of drug-likeness (QED) is 0.610. The third-order valence-corrected chi connectivity index (χ3v) is 4.27. The smallest absolute Gasteiger partial charge is 0.151 e. The highest BCUT2D eigenvalue weighted by Gasteiger charge is 2.17. The fraction of sp³-hybridized carbons (Fsp3) is 0.417. The van der Waals surface area contributed by atoms with E-state index in [-0.39, 0.29) is 0 Å². The van der Waals surface area contributed by atoms with Crippen LogP contribution in [0.4, 0.5) is 0 Å². The Labute approximate surface area is 104 Å². The highest BCUT2D eigenvalue weighted by atomic mass is 35.5. The van der Waals surface area contributed by atoms with E-state index in [4.69, 9.17) is 16.3 Å². The lowest BCUT2D eigenvalue weighted by Gasteiger charge is -2.11. The van der Waals surface area contributed by atoms with Crippen molar-refractivity contribution in [3.63, 3.8) is 0 Å². The van der Waals surface area contributed by atoms with Crippen LogP contribution < -0.4 is 0 Å². The van der Waals surface area contributed by atoms with Crippen LogP contribution in [0.15, 0.2) is 23.1 Å². The van der Waals surface area contributed by atoms with E-state index < -0.39 is 0 Å². The number of ether oxygens (including phenoxy) is 1. The molecule has 1 atom stereocenters. The maximum absolute atomic E-state index is 10.9. The molecule has 1 unspecified atom stereocenters. The Morgan fingerprint density at radius 3 is 3.12 bits per heavy atom. The zero-order valence-corrected chi connectivity index (χ0v) is 10.4. The van der Waals surface area contributed by atoms with Gasteiger partial charge < -0.3 is 4.74 Å². The molecular weight excluding hydrogens is 244 g/mol. The lowest BCUT2D eigenvalue weighted by Crippen LogP contribution is -2.08. The minimum absolute atomic E-state index is 0.306. The largest absolute Gasteiger partial charge is 0.377 e. The number of benzene rings is 1. The van der Waals surface area contributed by atoms with Crippen LogP contribution in [0.1, 0.15) is 23.2 Å². The number of rotatable bonds is 4. The van der Waals surface area contributed by atoms with Gasteiger partial charge in [-0.2, -0.15) is 0 Å². The maximum Gasteiger partial charge on any atom is 0.151 e. The Balaban J connectivity index is 2.04. The number of hydrogen-bond donors (Lipinski definition) is 0. The van der Waals surface area contributed by atoms with Crippen molar-refractivity contribution in [1.82, 2.24) is 0 Å². The zero-order valence-electron chi connectivity index (χ0n) is 8.82. The van der Waals surface area contributed by atoms with Gasteiger partial charge in [0.25, 0.3) is 0 Å². The van der Waals surface area contributed by atoms with E-state index in [1.807, 2.05) is 6.07 Å². The summed E-state index contributed by atoms with van der Waals surface area (Å²) < 4.78 is 5.54. The molecule has 86 valence electrons. The molecule has 0 bridgehead atoms.